The average molecular weight is 501 g/mol. The lowest BCUT2D eigenvalue weighted by molar-refractivity contribution is -0.129. The minimum atomic E-state index is -0.560. The van der Waals surface area contributed by atoms with Crippen LogP contribution in [-0.2, 0) is 10.2 Å². The Labute approximate surface area is 216 Å². The number of carbonyl (C=O) groups is 1. The molecule has 1 aromatic carbocycles. The number of aliphatic hydroxyl groups excluding tert-OH is 1. The molecule has 200 valence electrons. The molecule has 0 fully saturated rings. The van der Waals surface area contributed by atoms with Crippen molar-refractivity contribution in [2.24, 2.45) is 5.41 Å². The van der Waals surface area contributed by atoms with Crippen LogP contribution >= 0.6 is 0 Å². The van der Waals surface area contributed by atoms with Gasteiger partial charge < -0.3 is 14.6 Å². The zero-order valence-corrected chi connectivity index (χ0v) is 22.8. The number of aliphatic hydroxyl groups is 1. The number of aromatic nitrogens is 1. The van der Waals surface area contributed by atoms with Crippen molar-refractivity contribution in [1.82, 2.24) is 10.5 Å². The van der Waals surface area contributed by atoms with Crippen LogP contribution < -0.4 is 15.0 Å². The van der Waals surface area contributed by atoms with Crippen molar-refractivity contribution in [2.75, 3.05) is 13.2 Å². The van der Waals surface area contributed by atoms with Crippen molar-refractivity contribution < 1.29 is 24.6 Å². The molecular formula is C29H44N2O5. The first-order chi connectivity index (χ1) is 17.1. The molecule has 1 aromatic heterocycles. The summed E-state index contributed by atoms with van der Waals surface area (Å²) in [6, 6.07) is 12.3. The van der Waals surface area contributed by atoms with Crippen LogP contribution in [0, 0.1) is 12.3 Å². The van der Waals surface area contributed by atoms with Gasteiger partial charge in [0.2, 0.25) is 5.91 Å². The third-order valence-electron chi connectivity index (χ3n) is 6.98. The number of benzene rings is 1. The smallest absolute Gasteiger partial charge is 0.243 e. The SMILES string of the molecule is CCC(CC)(c1ccc(OCCCCCC(=O)NO)cc1)c1ccc(OCC(O)C(C)(C)C)c(C)n1. The van der Waals surface area contributed by atoms with E-state index in [0.29, 0.717) is 18.8 Å². The Morgan fingerprint density at radius 3 is 2.22 bits per heavy atom. The second-order valence-corrected chi connectivity index (χ2v) is 10.5. The molecule has 2 aromatic rings. The van der Waals surface area contributed by atoms with Crippen molar-refractivity contribution >= 4 is 5.91 Å². The highest BCUT2D eigenvalue weighted by Gasteiger charge is 2.33. The number of amides is 1. The first kappa shape index (κ1) is 29.6. The molecule has 0 spiro atoms. The number of nitrogens with zero attached hydrogens (tertiary/aromatic N) is 1. The highest BCUT2D eigenvalue weighted by Crippen LogP contribution is 2.39. The van der Waals surface area contributed by atoms with Gasteiger partial charge in [-0.3, -0.25) is 15.0 Å². The number of hydrogen-bond acceptors (Lipinski definition) is 6. The standard InChI is InChI=1S/C29H44N2O5/c1-7-29(8-2,25-18-17-24(21(3)30-25)36-20-26(32)28(4,5)6)22-13-15-23(16-14-22)35-19-11-9-10-12-27(33)31-34/h13-18,26,32,34H,7-12,19-20H2,1-6H3,(H,31,33). The number of pyridine rings is 1. The van der Waals surface area contributed by atoms with Gasteiger partial charge in [-0.2, -0.15) is 0 Å². The van der Waals surface area contributed by atoms with E-state index in [4.69, 9.17) is 19.7 Å². The maximum Gasteiger partial charge on any atom is 0.243 e. The van der Waals surface area contributed by atoms with E-state index in [0.717, 1.165) is 49.2 Å². The molecular weight excluding hydrogens is 456 g/mol. The molecule has 3 N–H and O–H groups in total. The Morgan fingerprint density at radius 1 is 1.00 bits per heavy atom. The van der Waals surface area contributed by atoms with Gasteiger partial charge in [-0.25, -0.2) is 5.48 Å². The molecule has 0 radical (unpaired) electrons. The lowest BCUT2D eigenvalue weighted by atomic mass is 9.73. The first-order valence-corrected chi connectivity index (χ1v) is 13.0. The minimum absolute atomic E-state index is 0.222. The summed E-state index contributed by atoms with van der Waals surface area (Å²) in [6.07, 6.45) is 3.99. The van der Waals surface area contributed by atoms with E-state index in [9.17, 15) is 9.90 Å². The second kappa shape index (κ2) is 13.6. The summed E-state index contributed by atoms with van der Waals surface area (Å²) >= 11 is 0. The zero-order valence-electron chi connectivity index (χ0n) is 22.8. The second-order valence-electron chi connectivity index (χ2n) is 10.5. The molecule has 0 aliphatic heterocycles. The van der Waals surface area contributed by atoms with E-state index < -0.39 is 6.10 Å². The van der Waals surface area contributed by atoms with Crippen LogP contribution in [0.1, 0.15) is 90.1 Å². The Bertz CT molecular complexity index is 949. The number of hydroxylamine groups is 1. The largest absolute Gasteiger partial charge is 0.494 e. The predicted octanol–water partition coefficient (Wildman–Crippen LogP) is 5.73. The highest BCUT2D eigenvalue weighted by molar-refractivity contribution is 5.74. The summed E-state index contributed by atoms with van der Waals surface area (Å²) in [5.74, 6) is 1.16. The number of unbranched alkanes of at least 4 members (excludes halogenated alkanes) is 2. The van der Waals surface area contributed by atoms with E-state index in [2.05, 4.69) is 26.0 Å². The lowest BCUT2D eigenvalue weighted by Crippen LogP contribution is -2.32. The van der Waals surface area contributed by atoms with Gasteiger partial charge >= 0.3 is 0 Å². The van der Waals surface area contributed by atoms with Gasteiger partial charge in [0.25, 0.3) is 0 Å². The lowest BCUT2D eigenvalue weighted by Gasteiger charge is -2.32. The molecule has 7 nitrogen and oxygen atoms in total. The van der Waals surface area contributed by atoms with Gasteiger partial charge in [-0.05, 0) is 74.3 Å². The summed E-state index contributed by atoms with van der Waals surface area (Å²) in [4.78, 5) is 16.0. The monoisotopic (exact) mass is 500 g/mol. The van der Waals surface area contributed by atoms with Crippen molar-refractivity contribution in [3.63, 3.8) is 0 Å². The maximum atomic E-state index is 11.0. The summed E-state index contributed by atoms with van der Waals surface area (Å²) in [5, 5.41) is 18.8. The number of aryl methyl sites for hydroxylation is 1. The quantitative estimate of drug-likeness (QED) is 0.174. The fourth-order valence-corrected chi connectivity index (χ4v) is 4.23. The van der Waals surface area contributed by atoms with E-state index in [-0.39, 0.29) is 23.3 Å². The number of hydrogen-bond donors (Lipinski definition) is 3. The van der Waals surface area contributed by atoms with Crippen LogP contribution in [0.15, 0.2) is 36.4 Å². The number of carbonyl (C=O) groups excluding carboxylic acids is 1. The molecule has 2 rings (SSSR count). The van der Waals surface area contributed by atoms with E-state index in [1.54, 1.807) is 5.48 Å². The van der Waals surface area contributed by atoms with Gasteiger partial charge in [-0.1, -0.05) is 46.8 Å². The molecule has 36 heavy (non-hydrogen) atoms. The normalized spacial score (nSPS) is 12.8. The number of rotatable bonds is 14. The molecule has 0 aliphatic carbocycles. The Balaban J connectivity index is 2.06. The molecule has 1 unspecified atom stereocenters. The molecule has 0 saturated carbocycles. The van der Waals surface area contributed by atoms with Gasteiger partial charge in [0, 0.05) is 11.8 Å². The third kappa shape index (κ3) is 7.93. The summed E-state index contributed by atoms with van der Waals surface area (Å²) < 4.78 is 11.8. The molecule has 0 saturated heterocycles. The fourth-order valence-electron chi connectivity index (χ4n) is 4.23. The topological polar surface area (TPSA) is 101 Å². The maximum absolute atomic E-state index is 11.0. The third-order valence-corrected chi connectivity index (χ3v) is 6.98. The Morgan fingerprint density at radius 2 is 1.67 bits per heavy atom. The van der Waals surface area contributed by atoms with Gasteiger partial charge in [0.15, 0.2) is 0 Å². The number of nitrogens with one attached hydrogen (secondary N) is 1. The molecule has 0 bridgehead atoms. The van der Waals surface area contributed by atoms with Crippen LogP contribution in [0.5, 0.6) is 11.5 Å². The van der Waals surface area contributed by atoms with Gasteiger partial charge in [0.05, 0.1) is 24.1 Å². The molecule has 1 atom stereocenters. The predicted molar refractivity (Wildman–Crippen MR) is 142 cm³/mol. The van der Waals surface area contributed by atoms with Crippen molar-refractivity contribution in [1.29, 1.82) is 0 Å². The summed E-state index contributed by atoms with van der Waals surface area (Å²) in [7, 11) is 0. The van der Waals surface area contributed by atoms with Crippen molar-refractivity contribution in [2.45, 2.75) is 91.6 Å². The van der Waals surface area contributed by atoms with E-state index in [1.165, 1.54) is 5.56 Å². The number of ether oxygens (including phenoxy) is 2. The highest BCUT2D eigenvalue weighted by atomic mass is 16.5. The minimum Gasteiger partial charge on any atom is -0.494 e. The van der Waals surface area contributed by atoms with E-state index in [1.807, 2.05) is 52.0 Å². The summed E-state index contributed by atoms with van der Waals surface area (Å²) in [5.41, 5.74) is 4.21. The molecule has 1 heterocycles. The zero-order chi connectivity index (χ0) is 26.8. The van der Waals surface area contributed by atoms with Crippen LogP contribution in [0.25, 0.3) is 0 Å². The molecule has 1 amide bonds. The molecule has 0 aliphatic rings. The van der Waals surface area contributed by atoms with Crippen LogP contribution in [0.2, 0.25) is 0 Å². The van der Waals surface area contributed by atoms with Crippen LogP contribution in [0.3, 0.4) is 0 Å². The van der Waals surface area contributed by atoms with Crippen LogP contribution in [0.4, 0.5) is 0 Å². The Kier molecular flexibility index (Phi) is 11.2. The van der Waals surface area contributed by atoms with E-state index >= 15 is 0 Å². The van der Waals surface area contributed by atoms with Gasteiger partial charge in [-0.15, -0.1) is 0 Å². The van der Waals surface area contributed by atoms with Crippen molar-refractivity contribution in [3.8, 4) is 11.5 Å². The molecule has 7 heteroatoms. The van der Waals surface area contributed by atoms with Crippen molar-refractivity contribution in [3.05, 3.63) is 53.3 Å². The fraction of sp³-hybridized carbons (Fsp3) is 0.586. The average Bonchev–Trinajstić information content (AvgIpc) is 2.86. The van der Waals surface area contributed by atoms with Gasteiger partial charge in [0.1, 0.15) is 18.1 Å². The Hall–Kier alpha value is -2.64. The summed E-state index contributed by atoms with van der Waals surface area (Å²) in [6.45, 7) is 13.1. The van der Waals surface area contributed by atoms with Crippen LogP contribution in [-0.4, -0.2) is 40.5 Å². The first-order valence-electron chi connectivity index (χ1n) is 13.0.